The second kappa shape index (κ2) is 7.23. The molecule has 1 heterocycles. The third kappa shape index (κ3) is 3.24. The number of fused-ring (bicyclic) bond motifs is 3. The van der Waals surface area contributed by atoms with Crippen molar-refractivity contribution in [2.24, 2.45) is 0 Å². The molecule has 1 amide bonds. The number of benzene rings is 3. The molecule has 0 spiro atoms. The van der Waals surface area contributed by atoms with E-state index in [-0.39, 0.29) is 31.2 Å². The minimum absolute atomic E-state index is 0.0451. The van der Waals surface area contributed by atoms with Gasteiger partial charge in [-0.15, -0.1) is 0 Å². The van der Waals surface area contributed by atoms with Crippen LogP contribution in [0.4, 0.5) is 9.18 Å². The number of carbonyl (C=O) groups is 2. The average molecular weight is 417 g/mol. The van der Waals surface area contributed by atoms with E-state index in [1.54, 1.807) is 0 Å². The van der Waals surface area contributed by atoms with Crippen LogP contribution in [0.5, 0.6) is 0 Å². The van der Waals surface area contributed by atoms with Gasteiger partial charge in [-0.2, -0.15) is 0 Å². The fourth-order valence-electron chi connectivity index (χ4n) is 4.47. The number of carbonyl (C=O) groups excluding carboxylic acids is 1. The van der Waals surface area contributed by atoms with E-state index in [4.69, 9.17) is 9.84 Å². The van der Waals surface area contributed by atoms with Gasteiger partial charge in [-0.3, -0.25) is 0 Å². The van der Waals surface area contributed by atoms with Crippen molar-refractivity contribution in [3.63, 3.8) is 0 Å². The Kier molecular flexibility index (Phi) is 4.50. The summed E-state index contributed by atoms with van der Waals surface area (Å²) in [6.07, 6.45) is -0.544. The van der Waals surface area contributed by atoms with Crippen LogP contribution in [0.1, 0.15) is 33.0 Å². The topological polar surface area (TPSA) is 66.8 Å². The number of halogens is 1. The molecule has 5 rings (SSSR count). The molecule has 1 fully saturated rings. The van der Waals surface area contributed by atoms with Gasteiger partial charge in [0.05, 0.1) is 18.7 Å². The highest BCUT2D eigenvalue weighted by atomic mass is 19.1. The number of hydrogen-bond acceptors (Lipinski definition) is 3. The van der Waals surface area contributed by atoms with Gasteiger partial charge in [0.1, 0.15) is 6.61 Å². The molecular formula is C25H20FNO4. The first kappa shape index (κ1) is 19.3. The number of carboxylic acid groups (broad SMARTS) is 1. The van der Waals surface area contributed by atoms with Crippen LogP contribution in [-0.2, 0) is 10.4 Å². The minimum atomic E-state index is -1.69. The van der Waals surface area contributed by atoms with E-state index in [0.717, 1.165) is 22.3 Å². The maximum atomic E-state index is 15.1. The van der Waals surface area contributed by atoms with Gasteiger partial charge >= 0.3 is 12.1 Å². The fourth-order valence-corrected chi connectivity index (χ4v) is 4.47. The zero-order valence-electron chi connectivity index (χ0n) is 16.6. The summed E-state index contributed by atoms with van der Waals surface area (Å²) in [5.41, 5.74) is 3.31. The quantitative estimate of drug-likeness (QED) is 0.661. The first-order valence-corrected chi connectivity index (χ1v) is 10.1. The van der Waals surface area contributed by atoms with Crippen molar-refractivity contribution in [3.8, 4) is 11.1 Å². The summed E-state index contributed by atoms with van der Waals surface area (Å²) >= 11 is 0. The third-order valence-corrected chi connectivity index (χ3v) is 6.13. The summed E-state index contributed by atoms with van der Waals surface area (Å²) in [6.45, 7) is -0.0395. The van der Waals surface area contributed by atoms with Gasteiger partial charge in [-0.1, -0.05) is 60.7 Å². The summed E-state index contributed by atoms with van der Waals surface area (Å²) in [4.78, 5) is 24.8. The van der Waals surface area contributed by atoms with Crippen LogP contribution in [0.25, 0.3) is 11.1 Å². The molecule has 6 heteroatoms. The van der Waals surface area contributed by atoms with Gasteiger partial charge < -0.3 is 14.7 Å². The second-order valence-corrected chi connectivity index (χ2v) is 8.01. The second-order valence-electron chi connectivity index (χ2n) is 8.01. The Morgan fingerprint density at radius 1 is 0.935 bits per heavy atom. The van der Waals surface area contributed by atoms with Gasteiger partial charge in [0.2, 0.25) is 0 Å². The number of amides is 1. The van der Waals surface area contributed by atoms with Crippen molar-refractivity contribution >= 4 is 12.1 Å². The maximum absolute atomic E-state index is 15.1. The summed E-state index contributed by atoms with van der Waals surface area (Å²) in [5.74, 6) is -1.11. The Balaban J connectivity index is 1.24. The Hall–Kier alpha value is -3.67. The number of rotatable bonds is 4. The minimum Gasteiger partial charge on any atom is -0.478 e. The van der Waals surface area contributed by atoms with Gasteiger partial charge in [-0.25, -0.2) is 14.0 Å². The molecule has 3 aromatic rings. The van der Waals surface area contributed by atoms with Crippen molar-refractivity contribution < 1.29 is 23.8 Å². The Bertz CT molecular complexity index is 1120. The molecule has 0 bridgehead atoms. The van der Waals surface area contributed by atoms with Crippen LogP contribution in [0.15, 0.2) is 72.8 Å². The van der Waals surface area contributed by atoms with Gasteiger partial charge in [-0.05, 0) is 39.9 Å². The molecule has 0 unspecified atom stereocenters. The molecule has 0 atom stereocenters. The molecule has 1 aliphatic heterocycles. The first-order chi connectivity index (χ1) is 15.0. The van der Waals surface area contributed by atoms with Crippen LogP contribution in [0.2, 0.25) is 0 Å². The van der Waals surface area contributed by atoms with E-state index >= 15 is 4.39 Å². The fraction of sp³-hybridized carbons (Fsp3) is 0.200. The highest BCUT2D eigenvalue weighted by Crippen LogP contribution is 2.44. The predicted octanol–water partition coefficient (Wildman–Crippen LogP) is 4.81. The zero-order valence-corrected chi connectivity index (χ0v) is 16.6. The number of carboxylic acids is 1. The smallest absolute Gasteiger partial charge is 0.410 e. The Morgan fingerprint density at radius 3 is 2.03 bits per heavy atom. The lowest BCUT2D eigenvalue weighted by Gasteiger charge is -2.43. The highest BCUT2D eigenvalue weighted by Gasteiger charge is 2.48. The van der Waals surface area contributed by atoms with E-state index in [2.05, 4.69) is 12.1 Å². The average Bonchev–Trinajstić information content (AvgIpc) is 3.09. The number of likely N-dealkylation sites (tertiary alicyclic amines) is 1. The van der Waals surface area contributed by atoms with Gasteiger partial charge in [0.25, 0.3) is 0 Å². The number of hydrogen-bond donors (Lipinski definition) is 1. The van der Waals surface area contributed by atoms with Crippen LogP contribution in [-0.4, -0.2) is 41.8 Å². The molecule has 2 aliphatic rings. The Morgan fingerprint density at radius 2 is 1.48 bits per heavy atom. The van der Waals surface area contributed by atoms with Crippen LogP contribution in [0.3, 0.4) is 0 Å². The third-order valence-electron chi connectivity index (χ3n) is 6.13. The summed E-state index contributed by atoms with van der Waals surface area (Å²) < 4.78 is 20.7. The number of ether oxygens (including phenoxy) is 1. The number of aromatic carboxylic acids is 1. The van der Waals surface area contributed by atoms with Gasteiger partial charge in [0, 0.05) is 5.92 Å². The van der Waals surface area contributed by atoms with E-state index in [9.17, 15) is 9.59 Å². The molecule has 1 N–H and O–H groups in total. The molecular weight excluding hydrogens is 397 g/mol. The van der Waals surface area contributed by atoms with E-state index < -0.39 is 17.7 Å². The molecule has 156 valence electrons. The van der Waals surface area contributed by atoms with E-state index in [1.165, 1.54) is 29.2 Å². The largest absolute Gasteiger partial charge is 0.478 e. The Labute approximate surface area is 178 Å². The van der Waals surface area contributed by atoms with Crippen molar-refractivity contribution in [2.45, 2.75) is 11.6 Å². The van der Waals surface area contributed by atoms with Gasteiger partial charge in [0.15, 0.2) is 5.67 Å². The van der Waals surface area contributed by atoms with Crippen LogP contribution in [0, 0.1) is 0 Å². The summed E-state index contributed by atoms with van der Waals surface area (Å²) in [6, 6.07) is 21.8. The van der Waals surface area contributed by atoms with E-state index in [1.807, 2.05) is 36.4 Å². The highest BCUT2D eigenvalue weighted by molar-refractivity contribution is 5.87. The molecule has 0 aromatic heterocycles. The van der Waals surface area contributed by atoms with E-state index in [0.29, 0.717) is 5.56 Å². The maximum Gasteiger partial charge on any atom is 0.410 e. The van der Waals surface area contributed by atoms with Crippen molar-refractivity contribution in [2.75, 3.05) is 19.7 Å². The first-order valence-electron chi connectivity index (χ1n) is 10.1. The molecule has 31 heavy (non-hydrogen) atoms. The molecule has 1 aliphatic carbocycles. The predicted molar refractivity (Wildman–Crippen MR) is 113 cm³/mol. The summed E-state index contributed by atoms with van der Waals surface area (Å²) in [7, 11) is 0. The lowest BCUT2D eigenvalue weighted by atomic mass is 9.88. The molecule has 3 aromatic carbocycles. The lowest BCUT2D eigenvalue weighted by molar-refractivity contribution is -0.0334. The zero-order chi connectivity index (χ0) is 21.6. The van der Waals surface area contributed by atoms with Crippen molar-refractivity contribution in [1.82, 2.24) is 4.90 Å². The molecule has 1 saturated heterocycles. The SMILES string of the molecule is O=C(O)c1ccc(C2(F)CN(C(=O)OCC3c4ccccc4-c4ccccc43)C2)cc1. The van der Waals surface area contributed by atoms with Crippen LogP contribution >= 0.6 is 0 Å². The molecule has 5 nitrogen and oxygen atoms in total. The van der Waals surface area contributed by atoms with Crippen molar-refractivity contribution in [1.29, 1.82) is 0 Å². The summed E-state index contributed by atoms with van der Waals surface area (Å²) in [5, 5.41) is 8.97. The van der Waals surface area contributed by atoms with Crippen molar-refractivity contribution in [3.05, 3.63) is 95.1 Å². The lowest BCUT2D eigenvalue weighted by Crippen LogP contribution is -2.59. The normalized spacial score (nSPS) is 16.2. The number of alkyl halides is 1. The number of nitrogens with zero attached hydrogens (tertiary/aromatic N) is 1. The van der Waals surface area contributed by atoms with Crippen LogP contribution < -0.4 is 0 Å². The molecule has 0 radical (unpaired) electrons. The monoisotopic (exact) mass is 417 g/mol. The molecule has 0 saturated carbocycles. The standard InChI is InChI=1S/C25H20FNO4/c26-25(17-11-9-16(10-12-17)23(28)29)14-27(15-25)24(30)31-13-22-20-7-3-1-5-18(20)19-6-2-4-8-21(19)22/h1-12,22H,13-15H2,(H,28,29).